The molecule has 0 unspecified atom stereocenters. The Kier molecular flexibility index (Phi) is 5.29. The van der Waals surface area contributed by atoms with Crippen LogP contribution in [0.15, 0.2) is 29.5 Å². The maximum absolute atomic E-state index is 4.33. The number of aryl methyl sites for hydroxylation is 1. The maximum atomic E-state index is 4.33. The highest BCUT2D eigenvalue weighted by Crippen LogP contribution is 2.14. The second kappa shape index (κ2) is 7.80. The highest BCUT2D eigenvalue weighted by molar-refractivity contribution is 5.79. The summed E-state index contributed by atoms with van der Waals surface area (Å²) in [7, 11) is 1.79. The Morgan fingerprint density at radius 2 is 2.04 bits per heavy atom. The van der Waals surface area contributed by atoms with Crippen molar-refractivity contribution in [2.24, 2.45) is 4.99 Å². The Labute approximate surface area is 136 Å². The topological polar surface area (TPSA) is 72.1 Å². The minimum absolute atomic E-state index is 0.649. The third-order valence-electron chi connectivity index (χ3n) is 4.15. The molecule has 7 heteroatoms. The second-order valence-corrected chi connectivity index (χ2v) is 5.77. The van der Waals surface area contributed by atoms with Crippen molar-refractivity contribution >= 4 is 5.96 Å². The molecule has 0 saturated heterocycles. The van der Waals surface area contributed by atoms with Gasteiger partial charge in [-0.2, -0.15) is 0 Å². The zero-order valence-electron chi connectivity index (χ0n) is 13.7. The molecule has 124 valence electrons. The van der Waals surface area contributed by atoms with Gasteiger partial charge in [-0.05, 0) is 25.0 Å². The zero-order chi connectivity index (χ0) is 15.9. The van der Waals surface area contributed by atoms with Crippen molar-refractivity contribution in [3.8, 4) is 0 Å². The predicted octanol–water partition coefficient (Wildman–Crippen LogP) is 1.17. The van der Waals surface area contributed by atoms with Gasteiger partial charge in [0.1, 0.15) is 5.82 Å². The van der Waals surface area contributed by atoms with E-state index < -0.39 is 0 Å². The number of hydrogen-bond donors (Lipinski definition) is 2. The number of aliphatic imine (C=N–C) groups is 1. The van der Waals surface area contributed by atoms with E-state index >= 15 is 0 Å². The molecule has 0 spiro atoms. The van der Waals surface area contributed by atoms with Gasteiger partial charge < -0.3 is 19.8 Å². The molecule has 2 aromatic rings. The first-order valence-electron chi connectivity index (χ1n) is 8.33. The molecule has 0 radical (unpaired) electrons. The van der Waals surface area contributed by atoms with Crippen LogP contribution in [0.25, 0.3) is 0 Å². The van der Waals surface area contributed by atoms with Crippen LogP contribution in [0.4, 0.5) is 0 Å². The first kappa shape index (κ1) is 15.6. The van der Waals surface area contributed by atoms with Crippen molar-refractivity contribution in [1.29, 1.82) is 0 Å². The molecular formula is C16H25N7. The zero-order valence-corrected chi connectivity index (χ0v) is 13.7. The molecule has 0 fully saturated rings. The molecule has 0 aromatic carbocycles. The van der Waals surface area contributed by atoms with Gasteiger partial charge in [0, 0.05) is 45.5 Å². The molecule has 3 heterocycles. The van der Waals surface area contributed by atoms with Crippen molar-refractivity contribution in [2.75, 3.05) is 13.6 Å². The molecule has 0 atom stereocenters. The fourth-order valence-corrected chi connectivity index (χ4v) is 2.88. The van der Waals surface area contributed by atoms with Crippen LogP contribution in [-0.4, -0.2) is 38.9 Å². The Morgan fingerprint density at radius 1 is 1.17 bits per heavy atom. The normalized spacial score (nSPS) is 15.1. The van der Waals surface area contributed by atoms with Crippen LogP contribution in [0, 0.1) is 0 Å². The Balaban J connectivity index is 1.49. The number of nitrogens with one attached hydrogen (secondary N) is 2. The molecule has 2 N–H and O–H groups in total. The number of hydrogen-bond acceptors (Lipinski definition) is 3. The lowest BCUT2D eigenvalue weighted by molar-refractivity contribution is 0.595. The van der Waals surface area contributed by atoms with Gasteiger partial charge in [-0.25, -0.2) is 0 Å². The molecule has 3 rings (SSSR count). The van der Waals surface area contributed by atoms with E-state index in [9.17, 15) is 0 Å². The van der Waals surface area contributed by atoms with Gasteiger partial charge in [0.15, 0.2) is 11.8 Å². The first-order chi connectivity index (χ1) is 11.4. The summed E-state index contributed by atoms with van der Waals surface area (Å²) in [5, 5.41) is 15.3. The van der Waals surface area contributed by atoms with E-state index in [1.807, 2.05) is 12.1 Å². The van der Waals surface area contributed by atoms with Crippen molar-refractivity contribution in [3.05, 3.63) is 36.2 Å². The molecule has 0 saturated carbocycles. The SMILES string of the molecule is CN=C(NCCn1cccc1)NCc1nnc2n1CCCCC2. The third kappa shape index (κ3) is 4.12. The summed E-state index contributed by atoms with van der Waals surface area (Å²) >= 11 is 0. The fourth-order valence-electron chi connectivity index (χ4n) is 2.88. The average Bonchev–Trinajstić information content (AvgIpc) is 3.15. The van der Waals surface area contributed by atoms with Gasteiger partial charge in [-0.15, -0.1) is 10.2 Å². The number of guanidine groups is 1. The Morgan fingerprint density at radius 3 is 2.87 bits per heavy atom. The molecule has 1 aliphatic heterocycles. The van der Waals surface area contributed by atoms with Gasteiger partial charge in [0.05, 0.1) is 6.54 Å². The van der Waals surface area contributed by atoms with E-state index in [4.69, 9.17) is 0 Å². The monoisotopic (exact) mass is 315 g/mol. The van der Waals surface area contributed by atoms with Crippen LogP contribution in [0.3, 0.4) is 0 Å². The number of aromatic nitrogens is 4. The van der Waals surface area contributed by atoms with Crippen LogP contribution in [-0.2, 0) is 26.1 Å². The van der Waals surface area contributed by atoms with Gasteiger partial charge in [-0.3, -0.25) is 4.99 Å². The Hall–Kier alpha value is -2.31. The van der Waals surface area contributed by atoms with E-state index in [2.05, 4.69) is 47.4 Å². The molecule has 1 aliphatic rings. The van der Waals surface area contributed by atoms with E-state index in [1.54, 1.807) is 7.05 Å². The molecule has 23 heavy (non-hydrogen) atoms. The molecule has 0 amide bonds. The lowest BCUT2D eigenvalue weighted by Gasteiger charge is -2.13. The minimum atomic E-state index is 0.649. The Bertz CT molecular complexity index is 627. The third-order valence-corrected chi connectivity index (χ3v) is 4.15. The van der Waals surface area contributed by atoms with Crippen molar-refractivity contribution in [3.63, 3.8) is 0 Å². The summed E-state index contributed by atoms with van der Waals surface area (Å²) in [4.78, 5) is 4.26. The number of nitrogens with zero attached hydrogens (tertiary/aromatic N) is 5. The van der Waals surface area contributed by atoms with Crippen LogP contribution in [0.2, 0.25) is 0 Å². The van der Waals surface area contributed by atoms with E-state index in [1.165, 1.54) is 19.3 Å². The highest BCUT2D eigenvalue weighted by Gasteiger charge is 2.14. The maximum Gasteiger partial charge on any atom is 0.191 e. The largest absolute Gasteiger partial charge is 0.355 e. The van der Waals surface area contributed by atoms with Gasteiger partial charge in [-0.1, -0.05) is 6.42 Å². The lowest BCUT2D eigenvalue weighted by atomic mass is 10.2. The summed E-state index contributed by atoms with van der Waals surface area (Å²) < 4.78 is 4.39. The number of fused-ring (bicyclic) bond motifs is 1. The summed E-state index contributed by atoms with van der Waals surface area (Å²) in [6.45, 7) is 3.41. The van der Waals surface area contributed by atoms with Crippen LogP contribution in [0.5, 0.6) is 0 Å². The highest BCUT2D eigenvalue weighted by atomic mass is 15.3. The van der Waals surface area contributed by atoms with E-state index in [-0.39, 0.29) is 0 Å². The van der Waals surface area contributed by atoms with E-state index in [0.29, 0.717) is 6.54 Å². The van der Waals surface area contributed by atoms with Gasteiger partial charge in [0.25, 0.3) is 0 Å². The van der Waals surface area contributed by atoms with Gasteiger partial charge >= 0.3 is 0 Å². The molecule has 2 aromatic heterocycles. The van der Waals surface area contributed by atoms with Crippen LogP contribution < -0.4 is 10.6 Å². The molecule has 7 nitrogen and oxygen atoms in total. The quantitative estimate of drug-likeness (QED) is 0.642. The smallest absolute Gasteiger partial charge is 0.191 e. The minimum Gasteiger partial charge on any atom is -0.355 e. The summed E-state index contributed by atoms with van der Waals surface area (Å²) in [6, 6.07) is 4.06. The van der Waals surface area contributed by atoms with Crippen LogP contribution >= 0.6 is 0 Å². The van der Waals surface area contributed by atoms with E-state index in [0.717, 1.165) is 43.7 Å². The standard InChI is InChI=1S/C16H25N7/c1-17-16(18-8-12-22-9-5-6-10-22)19-13-15-21-20-14-7-3-2-4-11-23(14)15/h5-6,9-10H,2-4,7-8,11-13H2,1H3,(H2,17,18,19). The van der Waals surface area contributed by atoms with Gasteiger partial charge in [0.2, 0.25) is 0 Å². The molecule has 0 aliphatic carbocycles. The predicted molar refractivity (Wildman–Crippen MR) is 90.2 cm³/mol. The summed E-state index contributed by atoms with van der Waals surface area (Å²) in [5.41, 5.74) is 0. The second-order valence-electron chi connectivity index (χ2n) is 5.77. The average molecular weight is 315 g/mol. The van der Waals surface area contributed by atoms with Crippen LogP contribution in [0.1, 0.15) is 30.9 Å². The molecular weight excluding hydrogens is 290 g/mol. The van der Waals surface area contributed by atoms with Crippen molar-refractivity contribution in [1.82, 2.24) is 30.0 Å². The summed E-state index contributed by atoms with van der Waals surface area (Å²) in [5.74, 6) is 2.91. The fraction of sp³-hybridized carbons (Fsp3) is 0.562. The van der Waals surface area contributed by atoms with Crippen molar-refractivity contribution in [2.45, 2.75) is 45.3 Å². The van der Waals surface area contributed by atoms with Crippen molar-refractivity contribution < 1.29 is 0 Å². The summed E-state index contributed by atoms with van der Waals surface area (Å²) in [6.07, 6.45) is 8.86. The first-order valence-corrected chi connectivity index (χ1v) is 8.33. The molecule has 0 bridgehead atoms. The number of rotatable bonds is 5. The lowest BCUT2D eigenvalue weighted by Crippen LogP contribution is -2.38.